The molecule has 1 aromatic rings. The van der Waals surface area contributed by atoms with Crippen LogP contribution in [0.3, 0.4) is 0 Å². The van der Waals surface area contributed by atoms with Crippen molar-refractivity contribution in [1.82, 2.24) is 4.98 Å². The summed E-state index contributed by atoms with van der Waals surface area (Å²) in [5, 5.41) is 19.6. The predicted molar refractivity (Wildman–Crippen MR) is 76.8 cm³/mol. The zero-order valence-corrected chi connectivity index (χ0v) is 12.1. The SMILES string of the molecule is Cc1cnc(CSCCC(N)C(=O)O)c(C)c1[N+](=O)[O-]. The molecule has 0 saturated heterocycles. The van der Waals surface area contributed by atoms with Crippen LogP contribution in [-0.4, -0.2) is 32.8 Å². The van der Waals surface area contributed by atoms with E-state index in [1.165, 1.54) is 18.0 Å². The fraction of sp³-hybridized carbons (Fsp3) is 0.500. The van der Waals surface area contributed by atoms with Gasteiger partial charge in [0.1, 0.15) is 6.04 Å². The third-order valence-electron chi connectivity index (χ3n) is 2.89. The monoisotopic (exact) mass is 299 g/mol. The Kier molecular flexibility index (Phi) is 5.90. The van der Waals surface area contributed by atoms with Crippen LogP contribution in [0, 0.1) is 24.0 Å². The van der Waals surface area contributed by atoms with Crippen LogP contribution in [0.2, 0.25) is 0 Å². The fourth-order valence-corrected chi connectivity index (χ4v) is 2.74. The van der Waals surface area contributed by atoms with Crippen LogP contribution in [-0.2, 0) is 10.5 Å². The Balaban J connectivity index is 2.63. The van der Waals surface area contributed by atoms with Crippen molar-refractivity contribution in [2.75, 3.05) is 5.75 Å². The van der Waals surface area contributed by atoms with Crippen molar-refractivity contribution in [2.24, 2.45) is 5.73 Å². The second-order valence-corrected chi connectivity index (χ2v) is 5.51. The number of carboxylic acid groups (broad SMARTS) is 1. The number of carbonyl (C=O) groups is 1. The molecule has 1 aromatic heterocycles. The molecule has 0 fully saturated rings. The molecule has 0 radical (unpaired) electrons. The lowest BCUT2D eigenvalue weighted by Crippen LogP contribution is -2.30. The van der Waals surface area contributed by atoms with Crippen molar-refractivity contribution in [3.63, 3.8) is 0 Å². The molecule has 20 heavy (non-hydrogen) atoms. The molecule has 0 amide bonds. The summed E-state index contributed by atoms with van der Waals surface area (Å²) in [6.45, 7) is 3.33. The van der Waals surface area contributed by atoms with Gasteiger partial charge in [0.15, 0.2) is 0 Å². The number of hydrogen-bond acceptors (Lipinski definition) is 6. The lowest BCUT2D eigenvalue weighted by molar-refractivity contribution is -0.386. The quantitative estimate of drug-likeness (QED) is 0.446. The summed E-state index contributed by atoms with van der Waals surface area (Å²) in [5.74, 6) is 0.0427. The van der Waals surface area contributed by atoms with E-state index in [1.54, 1.807) is 13.8 Å². The summed E-state index contributed by atoms with van der Waals surface area (Å²) in [5.41, 5.74) is 7.23. The highest BCUT2D eigenvalue weighted by atomic mass is 32.2. The molecule has 0 spiro atoms. The van der Waals surface area contributed by atoms with Crippen molar-refractivity contribution in [3.8, 4) is 0 Å². The largest absolute Gasteiger partial charge is 0.480 e. The first-order valence-electron chi connectivity index (χ1n) is 6.00. The molecule has 0 saturated carbocycles. The van der Waals surface area contributed by atoms with Crippen molar-refractivity contribution >= 4 is 23.4 Å². The maximum Gasteiger partial charge on any atom is 0.320 e. The smallest absolute Gasteiger partial charge is 0.320 e. The van der Waals surface area contributed by atoms with Crippen molar-refractivity contribution < 1.29 is 14.8 Å². The molecular weight excluding hydrogens is 282 g/mol. The first kappa shape index (κ1) is 16.4. The van der Waals surface area contributed by atoms with E-state index < -0.39 is 16.9 Å². The van der Waals surface area contributed by atoms with Crippen LogP contribution in [0.25, 0.3) is 0 Å². The summed E-state index contributed by atoms with van der Waals surface area (Å²) in [6.07, 6.45) is 1.84. The Hall–Kier alpha value is -1.67. The Morgan fingerprint density at radius 1 is 1.60 bits per heavy atom. The number of nitro groups is 1. The number of thioether (sulfide) groups is 1. The molecule has 8 heteroatoms. The van der Waals surface area contributed by atoms with E-state index >= 15 is 0 Å². The molecule has 7 nitrogen and oxygen atoms in total. The predicted octanol–water partition coefficient (Wildman–Crippen LogP) is 1.64. The number of rotatable bonds is 7. The van der Waals surface area contributed by atoms with E-state index in [4.69, 9.17) is 10.8 Å². The normalized spacial score (nSPS) is 12.2. The number of aryl methyl sites for hydroxylation is 1. The highest BCUT2D eigenvalue weighted by Crippen LogP contribution is 2.26. The van der Waals surface area contributed by atoms with Gasteiger partial charge in [0.05, 0.1) is 10.6 Å². The summed E-state index contributed by atoms with van der Waals surface area (Å²) in [4.78, 5) is 25.3. The van der Waals surface area contributed by atoms with Gasteiger partial charge < -0.3 is 10.8 Å². The average Bonchev–Trinajstić information content (AvgIpc) is 2.35. The second-order valence-electron chi connectivity index (χ2n) is 4.40. The van der Waals surface area contributed by atoms with Crippen LogP contribution in [0.4, 0.5) is 5.69 Å². The third-order valence-corrected chi connectivity index (χ3v) is 3.89. The molecule has 110 valence electrons. The van der Waals surface area contributed by atoms with E-state index in [9.17, 15) is 14.9 Å². The zero-order valence-electron chi connectivity index (χ0n) is 11.3. The molecule has 0 aliphatic carbocycles. The lowest BCUT2D eigenvalue weighted by atomic mass is 10.1. The highest BCUT2D eigenvalue weighted by Gasteiger charge is 2.18. The highest BCUT2D eigenvalue weighted by molar-refractivity contribution is 7.98. The maximum atomic E-state index is 11.0. The van der Waals surface area contributed by atoms with Gasteiger partial charge in [-0.25, -0.2) is 0 Å². The molecule has 1 rings (SSSR count). The van der Waals surface area contributed by atoms with Gasteiger partial charge in [0.25, 0.3) is 5.69 Å². The minimum absolute atomic E-state index is 0.0952. The van der Waals surface area contributed by atoms with Gasteiger partial charge in [-0.05, 0) is 26.0 Å². The van der Waals surface area contributed by atoms with Gasteiger partial charge >= 0.3 is 5.97 Å². The molecular formula is C12H17N3O4S. The molecule has 0 aromatic carbocycles. The minimum atomic E-state index is -1.02. The first-order chi connectivity index (χ1) is 9.34. The van der Waals surface area contributed by atoms with Crippen LogP contribution in [0.5, 0.6) is 0 Å². The number of nitrogens with two attached hydrogens (primary N) is 1. The molecule has 1 atom stereocenters. The summed E-state index contributed by atoms with van der Waals surface area (Å²) in [6, 6.07) is -0.871. The van der Waals surface area contributed by atoms with Gasteiger partial charge in [-0.1, -0.05) is 0 Å². The average molecular weight is 299 g/mol. The van der Waals surface area contributed by atoms with Crippen molar-refractivity contribution in [3.05, 3.63) is 33.1 Å². The maximum absolute atomic E-state index is 11.0. The van der Waals surface area contributed by atoms with Gasteiger partial charge in [0.2, 0.25) is 0 Å². The molecule has 0 bridgehead atoms. The fourth-order valence-electron chi connectivity index (χ4n) is 1.69. The van der Waals surface area contributed by atoms with Crippen molar-refractivity contribution in [2.45, 2.75) is 32.1 Å². The van der Waals surface area contributed by atoms with Crippen LogP contribution < -0.4 is 5.73 Å². The minimum Gasteiger partial charge on any atom is -0.480 e. The summed E-state index contributed by atoms with van der Waals surface area (Å²) in [7, 11) is 0. The van der Waals surface area contributed by atoms with E-state index in [-0.39, 0.29) is 5.69 Å². The number of nitrogens with zero attached hydrogens (tertiary/aromatic N) is 2. The number of aliphatic carboxylic acids is 1. The molecule has 1 unspecified atom stereocenters. The molecule has 0 aliphatic rings. The number of pyridine rings is 1. The van der Waals surface area contributed by atoms with Crippen molar-refractivity contribution in [1.29, 1.82) is 0 Å². The topological polar surface area (TPSA) is 119 Å². The van der Waals surface area contributed by atoms with Gasteiger partial charge in [0, 0.05) is 23.1 Å². The second kappa shape index (κ2) is 7.20. The standard InChI is InChI=1S/C12H17N3O4S/c1-7-5-14-10(8(2)11(7)15(18)19)6-20-4-3-9(13)12(16)17/h5,9H,3-4,6,13H2,1-2H3,(H,16,17). The Bertz CT molecular complexity index is 522. The Morgan fingerprint density at radius 2 is 2.25 bits per heavy atom. The lowest BCUT2D eigenvalue weighted by Gasteiger charge is -2.08. The van der Waals surface area contributed by atoms with Crippen LogP contribution in [0.15, 0.2) is 6.20 Å². The Morgan fingerprint density at radius 3 is 2.80 bits per heavy atom. The molecule has 3 N–H and O–H groups in total. The van der Waals surface area contributed by atoms with Gasteiger partial charge in [-0.3, -0.25) is 19.9 Å². The number of hydrogen-bond donors (Lipinski definition) is 2. The Labute approximate surface area is 120 Å². The van der Waals surface area contributed by atoms with E-state index in [2.05, 4.69) is 4.98 Å². The van der Waals surface area contributed by atoms with E-state index in [1.807, 2.05) is 0 Å². The first-order valence-corrected chi connectivity index (χ1v) is 7.15. The van der Waals surface area contributed by atoms with Crippen LogP contribution in [0.1, 0.15) is 23.2 Å². The third kappa shape index (κ3) is 4.17. The van der Waals surface area contributed by atoms with Gasteiger partial charge in [-0.2, -0.15) is 11.8 Å². The summed E-state index contributed by atoms with van der Waals surface area (Å²) < 4.78 is 0. The van der Waals surface area contributed by atoms with E-state index in [0.717, 1.165) is 0 Å². The zero-order chi connectivity index (χ0) is 15.3. The summed E-state index contributed by atoms with van der Waals surface area (Å²) >= 11 is 1.46. The number of aromatic nitrogens is 1. The van der Waals surface area contributed by atoms with E-state index in [0.29, 0.717) is 34.7 Å². The van der Waals surface area contributed by atoms with Gasteiger partial charge in [-0.15, -0.1) is 0 Å². The van der Waals surface area contributed by atoms with Crippen LogP contribution >= 0.6 is 11.8 Å². The molecule has 0 aliphatic heterocycles. The number of carboxylic acids is 1. The molecule has 1 heterocycles.